The highest BCUT2D eigenvalue weighted by Gasteiger charge is 2.39. The van der Waals surface area contributed by atoms with Gasteiger partial charge in [0.1, 0.15) is 0 Å². The Labute approximate surface area is 74.0 Å². The maximum absolute atomic E-state index is 10.9. The molecule has 2 heteroatoms. The Bertz CT molecular complexity index is 175. The maximum atomic E-state index is 10.9. The third-order valence-electron chi connectivity index (χ3n) is 3.17. The van der Waals surface area contributed by atoms with E-state index in [9.17, 15) is 4.79 Å². The van der Waals surface area contributed by atoms with Crippen LogP contribution in [0.1, 0.15) is 33.6 Å². The van der Waals surface area contributed by atoms with Crippen molar-refractivity contribution in [3.8, 4) is 0 Å². The molecule has 0 amide bonds. The molecule has 0 radical (unpaired) electrons. The summed E-state index contributed by atoms with van der Waals surface area (Å²) < 4.78 is 0. The van der Waals surface area contributed by atoms with Crippen LogP contribution in [0.4, 0.5) is 0 Å². The van der Waals surface area contributed by atoms with Crippen LogP contribution in [-0.4, -0.2) is 11.1 Å². The fraction of sp³-hybridized carbons (Fsp3) is 0.900. The van der Waals surface area contributed by atoms with Gasteiger partial charge in [-0.05, 0) is 30.6 Å². The van der Waals surface area contributed by atoms with Crippen LogP contribution in [-0.2, 0) is 4.79 Å². The van der Waals surface area contributed by atoms with Crippen LogP contribution >= 0.6 is 0 Å². The average molecular weight is 170 g/mol. The van der Waals surface area contributed by atoms with Gasteiger partial charge in [-0.3, -0.25) is 4.79 Å². The van der Waals surface area contributed by atoms with Crippen LogP contribution in [0.3, 0.4) is 0 Å². The number of aliphatic carboxylic acids is 1. The van der Waals surface area contributed by atoms with Gasteiger partial charge in [0, 0.05) is 0 Å². The molecule has 70 valence electrons. The number of hydrogen-bond donors (Lipinski definition) is 1. The quantitative estimate of drug-likeness (QED) is 0.691. The molecule has 0 aromatic rings. The van der Waals surface area contributed by atoms with E-state index in [0.717, 1.165) is 12.8 Å². The van der Waals surface area contributed by atoms with Crippen molar-refractivity contribution in [3.05, 3.63) is 0 Å². The number of carbonyl (C=O) groups is 1. The molecule has 3 atom stereocenters. The molecule has 1 saturated carbocycles. The SMILES string of the molecule is CC(C)[C@@H]1CC[C@H](C)C1C(=O)O. The second kappa shape index (κ2) is 3.46. The van der Waals surface area contributed by atoms with E-state index in [1.807, 2.05) is 0 Å². The van der Waals surface area contributed by atoms with Crippen LogP contribution in [0.25, 0.3) is 0 Å². The van der Waals surface area contributed by atoms with Crippen molar-refractivity contribution in [2.75, 3.05) is 0 Å². The Morgan fingerprint density at radius 2 is 2.00 bits per heavy atom. The minimum atomic E-state index is -0.598. The zero-order valence-electron chi connectivity index (χ0n) is 8.08. The second-order valence-electron chi connectivity index (χ2n) is 4.33. The molecule has 0 spiro atoms. The molecule has 1 aliphatic rings. The fourth-order valence-electron chi connectivity index (χ4n) is 2.41. The third kappa shape index (κ3) is 1.62. The highest BCUT2D eigenvalue weighted by molar-refractivity contribution is 5.71. The van der Waals surface area contributed by atoms with Crippen molar-refractivity contribution in [2.24, 2.45) is 23.7 Å². The molecule has 1 N–H and O–H groups in total. The van der Waals surface area contributed by atoms with E-state index in [-0.39, 0.29) is 5.92 Å². The first kappa shape index (κ1) is 9.56. The smallest absolute Gasteiger partial charge is 0.307 e. The van der Waals surface area contributed by atoms with Crippen molar-refractivity contribution >= 4 is 5.97 Å². The number of carboxylic acids is 1. The summed E-state index contributed by atoms with van der Waals surface area (Å²) in [6.07, 6.45) is 2.18. The van der Waals surface area contributed by atoms with Crippen LogP contribution in [0.5, 0.6) is 0 Å². The van der Waals surface area contributed by atoms with E-state index in [4.69, 9.17) is 5.11 Å². The van der Waals surface area contributed by atoms with E-state index in [0.29, 0.717) is 17.8 Å². The summed E-state index contributed by atoms with van der Waals surface area (Å²) in [5.74, 6) is 0.590. The standard InChI is InChI=1S/C10H18O2/c1-6(2)8-5-4-7(3)9(8)10(11)12/h6-9H,4-5H2,1-3H3,(H,11,12)/t7-,8-,9?/m0/s1. The lowest BCUT2D eigenvalue weighted by Crippen LogP contribution is -2.26. The van der Waals surface area contributed by atoms with Crippen molar-refractivity contribution in [1.29, 1.82) is 0 Å². The van der Waals surface area contributed by atoms with E-state index in [1.54, 1.807) is 0 Å². The summed E-state index contributed by atoms with van der Waals surface area (Å²) in [5, 5.41) is 9.00. The van der Waals surface area contributed by atoms with Gasteiger partial charge in [0.2, 0.25) is 0 Å². The first-order chi connectivity index (χ1) is 5.54. The molecule has 0 aliphatic heterocycles. The average Bonchev–Trinajstić information content (AvgIpc) is 2.30. The lowest BCUT2D eigenvalue weighted by atomic mass is 9.83. The monoisotopic (exact) mass is 170 g/mol. The molecule has 0 heterocycles. The van der Waals surface area contributed by atoms with Gasteiger partial charge < -0.3 is 5.11 Å². The van der Waals surface area contributed by atoms with Gasteiger partial charge in [-0.2, -0.15) is 0 Å². The molecule has 1 aliphatic carbocycles. The summed E-state index contributed by atoms with van der Waals surface area (Å²) in [6, 6.07) is 0. The van der Waals surface area contributed by atoms with E-state index >= 15 is 0 Å². The first-order valence-corrected chi connectivity index (χ1v) is 4.76. The van der Waals surface area contributed by atoms with E-state index in [1.165, 1.54) is 0 Å². The highest BCUT2D eigenvalue weighted by atomic mass is 16.4. The topological polar surface area (TPSA) is 37.3 Å². The van der Waals surface area contributed by atoms with Crippen molar-refractivity contribution in [3.63, 3.8) is 0 Å². The van der Waals surface area contributed by atoms with Gasteiger partial charge in [0.15, 0.2) is 0 Å². The molecule has 1 unspecified atom stereocenters. The largest absolute Gasteiger partial charge is 0.481 e. The zero-order valence-corrected chi connectivity index (χ0v) is 8.08. The Balaban J connectivity index is 2.70. The first-order valence-electron chi connectivity index (χ1n) is 4.76. The lowest BCUT2D eigenvalue weighted by Gasteiger charge is -2.21. The van der Waals surface area contributed by atoms with Crippen LogP contribution in [0.15, 0.2) is 0 Å². The van der Waals surface area contributed by atoms with E-state index in [2.05, 4.69) is 20.8 Å². The highest BCUT2D eigenvalue weighted by Crippen LogP contribution is 2.40. The minimum Gasteiger partial charge on any atom is -0.481 e. The van der Waals surface area contributed by atoms with Gasteiger partial charge in [-0.1, -0.05) is 20.8 Å². The molecule has 1 fully saturated rings. The summed E-state index contributed by atoms with van der Waals surface area (Å²) in [4.78, 5) is 10.9. The van der Waals surface area contributed by atoms with Gasteiger partial charge in [-0.15, -0.1) is 0 Å². The number of carboxylic acid groups (broad SMARTS) is 1. The van der Waals surface area contributed by atoms with Crippen molar-refractivity contribution in [2.45, 2.75) is 33.6 Å². The molecular formula is C10H18O2. The summed E-state index contributed by atoms with van der Waals surface area (Å²) in [7, 11) is 0. The van der Waals surface area contributed by atoms with Crippen LogP contribution < -0.4 is 0 Å². The lowest BCUT2D eigenvalue weighted by molar-refractivity contribution is -0.144. The Hall–Kier alpha value is -0.530. The normalized spacial score (nSPS) is 35.8. The second-order valence-corrected chi connectivity index (χ2v) is 4.33. The van der Waals surface area contributed by atoms with Gasteiger partial charge in [0.25, 0.3) is 0 Å². The molecule has 0 aromatic carbocycles. The number of rotatable bonds is 2. The zero-order chi connectivity index (χ0) is 9.30. The summed E-state index contributed by atoms with van der Waals surface area (Å²) in [6.45, 7) is 6.30. The molecular weight excluding hydrogens is 152 g/mol. The molecule has 2 nitrogen and oxygen atoms in total. The Morgan fingerprint density at radius 1 is 1.42 bits per heavy atom. The Kier molecular flexibility index (Phi) is 2.76. The predicted molar refractivity (Wildman–Crippen MR) is 47.9 cm³/mol. The molecule has 1 rings (SSSR count). The third-order valence-corrected chi connectivity index (χ3v) is 3.17. The molecule has 0 bridgehead atoms. The van der Waals surface area contributed by atoms with Gasteiger partial charge in [0.05, 0.1) is 5.92 Å². The van der Waals surface area contributed by atoms with Crippen molar-refractivity contribution in [1.82, 2.24) is 0 Å². The number of hydrogen-bond acceptors (Lipinski definition) is 1. The van der Waals surface area contributed by atoms with Crippen molar-refractivity contribution < 1.29 is 9.90 Å². The summed E-state index contributed by atoms with van der Waals surface area (Å²) >= 11 is 0. The van der Waals surface area contributed by atoms with Crippen LogP contribution in [0, 0.1) is 23.7 Å². The molecule has 0 aromatic heterocycles. The van der Waals surface area contributed by atoms with Gasteiger partial charge in [-0.25, -0.2) is 0 Å². The fourth-order valence-corrected chi connectivity index (χ4v) is 2.41. The molecule has 12 heavy (non-hydrogen) atoms. The van der Waals surface area contributed by atoms with Gasteiger partial charge >= 0.3 is 5.97 Å². The predicted octanol–water partition coefficient (Wildman–Crippen LogP) is 2.39. The summed E-state index contributed by atoms with van der Waals surface area (Å²) in [5.41, 5.74) is 0. The maximum Gasteiger partial charge on any atom is 0.307 e. The molecule has 0 saturated heterocycles. The Morgan fingerprint density at radius 3 is 2.33 bits per heavy atom. The minimum absolute atomic E-state index is 0.0926. The van der Waals surface area contributed by atoms with Crippen LogP contribution in [0.2, 0.25) is 0 Å². The van der Waals surface area contributed by atoms with E-state index < -0.39 is 5.97 Å².